The zero-order chi connectivity index (χ0) is 17.1. The normalized spacial score (nSPS) is 12.5. The van der Waals surface area contributed by atoms with Crippen molar-refractivity contribution in [2.75, 3.05) is 0 Å². The van der Waals surface area contributed by atoms with Crippen LogP contribution in [-0.4, -0.2) is 4.98 Å². The van der Waals surface area contributed by atoms with Gasteiger partial charge in [-0.05, 0) is 49.4 Å². The van der Waals surface area contributed by atoms with Crippen LogP contribution < -0.4 is 0 Å². The van der Waals surface area contributed by atoms with E-state index < -0.39 is 0 Å². The summed E-state index contributed by atoms with van der Waals surface area (Å²) < 4.78 is 4.18. The molecule has 0 spiro atoms. The van der Waals surface area contributed by atoms with Crippen molar-refractivity contribution in [2.24, 2.45) is 5.41 Å². The van der Waals surface area contributed by atoms with Crippen LogP contribution in [0.3, 0.4) is 0 Å². The highest BCUT2D eigenvalue weighted by Crippen LogP contribution is 2.44. The first-order valence-electron chi connectivity index (χ1n) is 8.19. The number of nitrogens with zero attached hydrogens (tertiary/aromatic N) is 1. The lowest BCUT2D eigenvalue weighted by Crippen LogP contribution is -2.07. The SMILES string of the molecule is Cc1cc(-c2nccc3c2sc2cc(CC(C)(C)C)sc23)sc1C. The predicted octanol–water partition coefficient (Wildman–Crippen LogP) is 7.44. The molecule has 4 heterocycles. The van der Waals surface area contributed by atoms with Gasteiger partial charge in [-0.15, -0.1) is 34.0 Å². The van der Waals surface area contributed by atoms with Crippen LogP contribution in [0.2, 0.25) is 0 Å². The Morgan fingerprint density at radius 2 is 1.79 bits per heavy atom. The van der Waals surface area contributed by atoms with E-state index in [-0.39, 0.29) is 0 Å². The molecule has 124 valence electrons. The first kappa shape index (κ1) is 16.2. The fraction of sp³-hybridized carbons (Fsp3) is 0.350. The number of hydrogen-bond donors (Lipinski definition) is 0. The number of hydrogen-bond acceptors (Lipinski definition) is 4. The second-order valence-corrected chi connectivity index (χ2v) is 11.1. The average molecular weight is 372 g/mol. The smallest absolute Gasteiger partial charge is 0.0980 e. The first-order valence-corrected chi connectivity index (χ1v) is 10.6. The summed E-state index contributed by atoms with van der Waals surface area (Å²) in [6.07, 6.45) is 3.11. The fourth-order valence-corrected chi connectivity index (χ4v) is 7.04. The lowest BCUT2D eigenvalue weighted by Gasteiger charge is -2.16. The number of pyridine rings is 1. The summed E-state index contributed by atoms with van der Waals surface area (Å²) in [5, 5.41) is 1.37. The van der Waals surface area contributed by atoms with Crippen LogP contribution in [-0.2, 0) is 6.42 Å². The monoisotopic (exact) mass is 371 g/mol. The van der Waals surface area contributed by atoms with Crippen LogP contribution in [0.5, 0.6) is 0 Å². The summed E-state index contributed by atoms with van der Waals surface area (Å²) in [6, 6.07) is 6.85. The van der Waals surface area contributed by atoms with Gasteiger partial charge in [0.1, 0.15) is 0 Å². The molecule has 0 saturated carbocycles. The Kier molecular flexibility index (Phi) is 3.83. The lowest BCUT2D eigenvalue weighted by atomic mass is 9.92. The quantitative estimate of drug-likeness (QED) is 0.356. The molecule has 1 nitrogen and oxygen atoms in total. The zero-order valence-electron chi connectivity index (χ0n) is 14.7. The summed E-state index contributed by atoms with van der Waals surface area (Å²) in [7, 11) is 0. The van der Waals surface area contributed by atoms with E-state index in [1.54, 1.807) is 0 Å². The molecule has 0 aliphatic heterocycles. The van der Waals surface area contributed by atoms with Crippen LogP contribution in [0, 0.1) is 19.3 Å². The summed E-state index contributed by atoms with van der Waals surface area (Å²) >= 11 is 5.71. The van der Waals surface area contributed by atoms with Gasteiger partial charge in [0.2, 0.25) is 0 Å². The Bertz CT molecular complexity index is 1020. The number of fused-ring (bicyclic) bond motifs is 3. The van der Waals surface area contributed by atoms with Gasteiger partial charge in [0, 0.05) is 26.0 Å². The number of aryl methyl sites for hydroxylation is 2. The molecule has 0 aromatic carbocycles. The third kappa shape index (κ3) is 2.81. The number of aromatic nitrogens is 1. The first-order chi connectivity index (χ1) is 11.3. The van der Waals surface area contributed by atoms with Crippen molar-refractivity contribution in [3.8, 4) is 10.6 Å². The van der Waals surface area contributed by atoms with Crippen LogP contribution in [0.4, 0.5) is 0 Å². The minimum atomic E-state index is 0.335. The highest BCUT2D eigenvalue weighted by Gasteiger charge is 2.18. The van der Waals surface area contributed by atoms with Crippen molar-refractivity contribution in [3.63, 3.8) is 0 Å². The molecule has 4 heteroatoms. The lowest BCUT2D eigenvalue weighted by molar-refractivity contribution is 0.415. The molecule has 0 saturated heterocycles. The van der Waals surface area contributed by atoms with E-state index in [9.17, 15) is 0 Å². The van der Waals surface area contributed by atoms with Gasteiger partial charge < -0.3 is 0 Å². The minimum Gasteiger partial charge on any atom is -0.254 e. The minimum absolute atomic E-state index is 0.335. The molecule has 0 N–H and O–H groups in total. The van der Waals surface area contributed by atoms with Gasteiger partial charge in [-0.2, -0.15) is 0 Å². The van der Waals surface area contributed by atoms with Crippen molar-refractivity contribution in [2.45, 2.75) is 41.0 Å². The van der Waals surface area contributed by atoms with Crippen molar-refractivity contribution in [1.29, 1.82) is 0 Å². The van der Waals surface area contributed by atoms with E-state index in [1.807, 2.05) is 40.2 Å². The van der Waals surface area contributed by atoms with Gasteiger partial charge >= 0.3 is 0 Å². The van der Waals surface area contributed by atoms with Crippen molar-refractivity contribution >= 4 is 53.5 Å². The second-order valence-electron chi connectivity index (χ2n) is 7.63. The molecule has 0 radical (unpaired) electrons. The Hall–Kier alpha value is -1.23. The topological polar surface area (TPSA) is 12.9 Å². The Morgan fingerprint density at radius 3 is 2.46 bits per heavy atom. The molecular weight excluding hydrogens is 350 g/mol. The molecule has 0 aliphatic rings. The predicted molar refractivity (Wildman–Crippen MR) is 111 cm³/mol. The van der Waals surface area contributed by atoms with E-state index in [0.717, 1.165) is 12.1 Å². The highest BCUT2D eigenvalue weighted by molar-refractivity contribution is 7.33. The van der Waals surface area contributed by atoms with Gasteiger partial charge in [0.05, 0.1) is 20.0 Å². The van der Waals surface area contributed by atoms with Crippen LogP contribution >= 0.6 is 34.0 Å². The van der Waals surface area contributed by atoms with E-state index in [4.69, 9.17) is 4.98 Å². The molecule has 0 bridgehead atoms. The summed E-state index contributed by atoms with van der Waals surface area (Å²) in [6.45, 7) is 11.3. The highest BCUT2D eigenvalue weighted by atomic mass is 32.1. The molecule has 24 heavy (non-hydrogen) atoms. The van der Waals surface area contributed by atoms with Gasteiger partial charge in [-0.1, -0.05) is 20.8 Å². The molecule has 4 rings (SSSR count). The fourth-order valence-electron chi connectivity index (χ4n) is 3.00. The van der Waals surface area contributed by atoms with Gasteiger partial charge in [0.25, 0.3) is 0 Å². The van der Waals surface area contributed by atoms with Crippen LogP contribution in [0.15, 0.2) is 24.4 Å². The third-order valence-corrected chi connectivity index (χ3v) is 7.83. The van der Waals surface area contributed by atoms with Crippen molar-refractivity contribution in [1.82, 2.24) is 4.98 Å². The van der Waals surface area contributed by atoms with E-state index in [0.29, 0.717) is 5.41 Å². The standard InChI is InChI=1S/C20H21NS3/c1-11-8-15(22-12(11)2)17-19-14(6-7-21-17)18-16(24-19)9-13(23-18)10-20(3,4)5/h6-9H,10H2,1-5H3. The second kappa shape index (κ2) is 5.65. The summed E-state index contributed by atoms with van der Waals surface area (Å²) in [5.74, 6) is 0. The number of rotatable bonds is 2. The van der Waals surface area contributed by atoms with Gasteiger partial charge in [0.15, 0.2) is 0 Å². The van der Waals surface area contributed by atoms with Crippen molar-refractivity contribution in [3.05, 3.63) is 39.7 Å². The molecule has 4 aromatic rings. The molecule has 0 unspecified atom stereocenters. The van der Waals surface area contributed by atoms with Crippen LogP contribution in [0.25, 0.3) is 30.1 Å². The van der Waals surface area contributed by atoms with E-state index in [2.05, 4.69) is 52.8 Å². The zero-order valence-corrected chi connectivity index (χ0v) is 17.1. The maximum absolute atomic E-state index is 4.71. The van der Waals surface area contributed by atoms with Crippen LogP contribution in [0.1, 0.15) is 36.1 Å². The van der Waals surface area contributed by atoms with E-state index >= 15 is 0 Å². The molecule has 4 aromatic heterocycles. The Labute approximate surface area is 155 Å². The largest absolute Gasteiger partial charge is 0.254 e. The molecule has 0 aliphatic carbocycles. The maximum Gasteiger partial charge on any atom is 0.0980 e. The van der Waals surface area contributed by atoms with Gasteiger partial charge in [-0.25, -0.2) is 0 Å². The maximum atomic E-state index is 4.71. The summed E-state index contributed by atoms with van der Waals surface area (Å²) in [5.41, 5.74) is 2.85. The van der Waals surface area contributed by atoms with Crippen molar-refractivity contribution < 1.29 is 0 Å². The summed E-state index contributed by atoms with van der Waals surface area (Å²) in [4.78, 5) is 8.88. The van der Waals surface area contributed by atoms with E-state index in [1.165, 1.54) is 39.7 Å². The molecule has 0 fully saturated rings. The molecular formula is C20H21NS3. The number of thiophene rings is 3. The average Bonchev–Trinajstić information content (AvgIpc) is 3.10. The Balaban J connectivity index is 1.88. The molecule has 0 atom stereocenters. The Morgan fingerprint density at radius 1 is 1.00 bits per heavy atom. The van der Waals surface area contributed by atoms with Gasteiger partial charge in [-0.3, -0.25) is 4.98 Å². The third-order valence-electron chi connectivity index (χ3n) is 4.21. The molecule has 0 amide bonds.